The van der Waals surface area contributed by atoms with Crippen LogP contribution in [0.2, 0.25) is 0 Å². The first kappa shape index (κ1) is 9.76. The van der Waals surface area contributed by atoms with Crippen LogP contribution in [-0.4, -0.2) is 12.2 Å². The second kappa shape index (κ2) is 2.82. The summed E-state index contributed by atoms with van der Waals surface area (Å²) in [7, 11) is 0. The summed E-state index contributed by atoms with van der Waals surface area (Å²) in [5.74, 6) is -0.157. The monoisotopic (exact) mass is 214 g/mol. The molecule has 0 aromatic heterocycles. The zero-order chi connectivity index (χ0) is 10.7. The predicted molar refractivity (Wildman–Crippen MR) is 52.5 cm³/mol. The molecule has 4 fully saturated rings. The van der Waals surface area contributed by atoms with Gasteiger partial charge in [-0.3, -0.25) is 0 Å². The molecular formula is C12H16F2O. The van der Waals surface area contributed by atoms with Crippen LogP contribution in [0.4, 0.5) is 8.78 Å². The molecule has 0 aromatic carbocycles. The number of hydrogen-bond acceptors (Lipinski definition) is 1. The summed E-state index contributed by atoms with van der Waals surface area (Å²) in [5.41, 5.74) is -0.0591. The fraction of sp³-hybridized carbons (Fsp3) is 0.833. The molecule has 3 heteroatoms. The molecule has 2 saturated carbocycles. The van der Waals surface area contributed by atoms with E-state index in [1.54, 1.807) is 0 Å². The number of allylic oxidation sites excluding steroid dienone is 1. The normalized spacial score (nSPS) is 51.5. The van der Waals surface area contributed by atoms with E-state index in [2.05, 4.69) is 6.58 Å². The molecule has 2 saturated heterocycles. The van der Waals surface area contributed by atoms with E-state index in [9.17, 15) is 8.78 Å². The van der Waals surface area contributed by atoms with Crippen molar-refractivity contribution in [3.05, 3.63) is 12.7 Å². The molecule has 2 aliphatic heterocycles. The largest absolute Gasteiger partial charge is 0.358 e. The van der Waals surface area contributed by atoms with Crippen molar-refractivity contribution in [1.82, 2.24) is 0 Å². The minimum Gasteiger partial charge on any atom is -0.317 e. The molecule has 4 rings (SSSR count). The summed E-state index contributed by atoms with van der Waals surface area (Å²) in [6.45, 7) is 3.84. The quantitative estimate of drug-likeness (QED) is 0.608. The van der Waals surface area contributed by atoms with E-state index in [1.165, 1.54) is 0 Å². The van der Waals surface area contributed by atoms with Gasteiger partial charge in [0, 0.05) is 0 Å². The maximum absolute atomic E-state index is 13.7. The summed E-state index contributed by atoms with van der Waals surface area (Å²) >= 11 is 0. The summed E-state index contributed by atoms with van der Waals surface area (Å²) in [6, 6.07) is 0. The van der Waals surface area contributed by atoms with Gasteiger partial charge in [0.25, 0.3) is 0 Å². The van der Waals surface area contributed by atoms with Crippen LogP contribution in [0.1, 0.15) is 32.1 Å². The maximum Gasteiger partial charge on any atom is 0.358 e. The topological polar surface area (TPSA) is 9.23 Å². The first-order valence-corrected chi connectivity index (χ1v) is 5.72. The average molecular weight is 214 g/mol. The first-order valence-electron chi connectivity index (χ1n) is 5.72. The lowest BCUT2D eigenvalue weighted by atomic mass is 9.59. The van der Waals surface area contributed by atoms with Gasteiger partial charge in [-0.2, -0.15) is 8.78 Å². The van der Waals surface area contributed by atoms with Crippen LogP contribution in [0.5, 0.6) is 0 Å². The molecule has 15 heavy (non-hydrogen) atoms. The van der Waals surface area contributed by atoms with E-state index in [0.717, 1.165) is 19.3 Å². The molecule has 4 bridgehead atoms. The molecule has 84 valence electrons. The average Bonchev–Trinajstić information content (AvgIpc) is 2.27. The summed E-state index contributed by atoms with van der Waals surface area (Å²) in [4.78, 5) is 0. The Bertz CT molecular complexity index is 302. The third kappa shape index (κ3) is 1.36. The van der Waals surface area contributed by atoms with Gasteiger partial charge >= 0.3 is 6.11 Å². The number of alkyl halides is 2. The van der Waals surface area contributed by atoms with Crippen molar-refractivity contribution in [3.63, 3.8) is 0 Å². The molecule has 0 amide bonds. The van der Waals surface area contributed by atoms with Crippen LogP contribution in [0.25, 0.3) is 0 Å². The molecule has 0 aromatic rings. The van der Waals surface area contributed by atoms with E-state index >= 15 is 0 Å². The molecule has 4 unspecified atom stereocenters. The highest BCUT2D eigenvalue weighted by Gasteiger charge is 2.57. The summed E-state index contributed by atoms with van der Waals surface area (Å²) in [6.07, 6.45) is 2.58. The van der Waals surface area contributed by atoms with Gasteiger partial charge in [-0.1, -0.05) is 6.08 Å². The van der Waals surface area contributed by atoms with E-state index in [4.69, 9.17) is 4.74 Å². The van der Waals surface area contributed by atoms with Gasteiger partial charge in [-0.25, -0.2) is 0 Å². The van der Waals surface area contributed by atoms with E-state index in [1.807, 2.05) is 6.08 Å². The van der Waals surface area contributed by atoms with Gasteiger partial charge in [0.2, 0.25) is 0 Å². The van der Waals surface area contributed by atoms with Crippen molar-refractivity contribution in [2.75, 3.05) is 0 Å². The number of fused-ring (bicyclic) bond motifs is 1. The fourth-order valence-electron chi connectivity index (χ4n) is 3.89. The van der Waals surface area contributed by atoms with Crippen molar-refractivity contribution in [2.45, 2.75) is 44.3 Å². The zero-order valence-corrected chi connectivity index (χ0v) is 8.72. The zero-order valence-electron chi connectivity index (χ0n) is 8.72. The maximum atomic E-state index is 13.7. The number of halogens is 2. The van der Waals surface area contributed by atoms with E-state index in [-0.39, 0.29) is 11.5 Å². The Hall–Kier alpha value is -0.440. The van der Waals surface area contributed by atoms with Gasteiger partial charge in [-0.05, 0) is 43.4 Å². The second-order valence-electron chi connectivity index (χ2n) is 5.51. The van der Waals surface area contributed by atoms with Crippen LogP contribution in [0.15, 0.2) is 12.7 Å². The Balaban J connectivity index is 2.01. The van der Waals surface area contributed by atoms with Gasteiger partial charge < -0.3 is 4.74 Å². The lowest BCUT2D eigenvalue weighted by Crippen LogP contribution is -2.39. The first-order chi connectivity index (χ1) is 7.03. The lowest BCUT2D eigenvalue weighted by Gasteiger charge is -2.45. The van der Waals surface area contributed by atoms with Gasteiger partial charge in [0.05, 0.1) is 12.0 Å². The van der Waals surface area contributed by atoms with E-state index < -0.39 is 12.0 Å². The molecule has 4 aliphatic rings. The van der Waals surface area contributed by atoms with Crippen molar-refractivity contribution >= 4 is 0 Å². The number of hydrogen-bond donors (Lipinski definition) is 0. The molecule has 2 aliphatic carbocycles. The molecule has 2 heterocycles. The van der Waals surface area contributed by atoms with Gasteiger partial charge in [0.1, 0.15) is 0 Å². The smallest absolute Gasteiger partial charge is 0.317 e. The Labute approximate surface area is 88.5 Å². The van der Waals surface area contributed by atoms with Crippen molar-refractivity contribution in [3.8, 4) is 0 Å². The van der Waals surface area contributed by atoms with Crippen LogP contribution in [0.3, 0.4) is 0 Å². The van der Waals surface area contributed by atoms with E-state index in [0.29, 0.717) is 18.8 Å². The molecule has 0 N–H and O–H groups in total. The molecule has 1 nitrogen and oxygen atoms in total. The minimum absolute atomic E-state index is 0.0591. The highest BCUT2D eigenvalue weighted by atomic mass is 19.3. The van der Waals surface area contributed by atoms with Crippen molar-refractivity contribution < 1.29 is 13.5 Å². The molecule has 0 radical (unpaired) electrons. The lowest BCUT2D eigenvalue weighted by molar-refractivity contribution is -0.281. The minimum atomic E-state index is -2.90. The van der Waals surface area contributed by atoms with Crippen LogP contribution < -0.4 is 0 Å². The summed E-state index contributed by atoms with van der Waals surface area (Å²) < 4.78 is 32.3. The Morgan fingerprint density at radius 2 is 2.00 bits per heavy atom. The number of rotatable bonds is 1. The standard InChI is InChI=1S/C12H16F2O/c1-2-11-5-8-3-9(6-11)12(13,14)15-10(4-8)7-11/h2,8-10H,1,3-7H2. The Morgan fingerprint density at radius 3 is 2.73 bits per heavy atom. The summed E-state index contributed by atoms with van der Waals surface area (Å²) in [5, 5.41) is 0. The van der Waals surface area contributed by atoms with Crippen molar-refractivity contribution in [1.29, 1.82) is 0 Å². The Morgan fingerprint density at radius 1 is 1.20 bits per heavy atom. The molecular weight excluding hydrogens is 198 g/mol. The third-order valence-corrected chi connectivity index (χ3v) is 4.43. The van der Waals surface area contributed by atoms with Crippen LogP contribution in [0, 0.1) is 17.3 Å². The predicted octanol–water partition coefficient (Wildman–Crippen LogP) is 3.36. The Kier molecular flexibility index (Phi) is 1.83. The third-order valence-electron chi connectivity index (χ3n) is 4.43. The second-order valence-corrected chi connectivity index (χ2v) is 5.51. The molecule has 4 atom stereocenters. The van der Waals surface area contributed by atoms with Gasteiger partial charge in [0.15, 0.2) is 0 Å². The van der Waals surface area contributed by atoms with Crippen LogP contribution >= 0.6 is 0 Å². The highest BCUT2D eigenvalue weighted by molar-refractivity contribution is 5.08. The van der Waals surface area contributed by atoms with Crippen molar-refractivity contribution in [2.24, 2.45) is 17.3 Å². The SMILES string of the molecule is C=CC12CC3CC(C1)OC(F)(F)C(C3)C2. The highest BCUT2D eigenvalue weighted by Crippen LogP contribution is 2.59. The number of ether oxygens (including phenoxy) is 1. The van der Waals surface area contributed by atoms with Crippen LogP contribution in [-0.2, 0) is 4.74 Å². The molecule has 0 spiro atoms. The van der Waals surface area contributed by atoms with Gasteiger partial charge in [-0.15, -0.1) is 6.58 Å². The fourth-order valence-corrected chi connectivity index (χ4v) is 3.89.